The molecule has 0 aliphatic rings. The lowest BCUT2D eigenvalue weighted by molar-refractivity contribution is -0.145. The highest BCUT2D eigenvalue weighted by atomic mass is 16.4. The minimum absolute atomic E-state index is 0.0293. The number of aliphatic hydroxyl groups is 1. The van der Waals surface area contributed by atoms with E-state index < -0.39 is 54.0 Å². The number of aliphatic imine (C=N–C) groups is 2. The van der Waals surface area contributed by atoms with Gasteiger partial charge in [0.1, 0.15) is 12.1 Å². The van der Waals surface area contributed by atoms with E-state index in [1.807, 2.05) is 6.92 Å². The molecule has 0 aromatic heterocycles. The van der Waals surface area contributed by atoms with E-state index in [0.29, 0.717) is 12.8 Å². The summed E-state index contributed by atoms with van der Waals surface area (Å²) in [5.41, 5.74) is 27.3. The van der Waals surface area contributed by atoms with Crippen molar-refractivity contribution in [2.24, 2.45) is 44.6 Å². The van der Waals surface area contributed by atoms with Gasteiger partial charge < -0.3 is 54.8 Å². The zero-order valence-corrected chi connectivity index (χ0v) is 22.2. The Kier molecular flexibility index (Phi) is 16.0. The Morgan fingerprint density at radius 1 is 0.789 bits per heavy atom. The third kappa shape index (κ3) is 13.6. The molecule has 0 unspecified atom stereocenters. The molecule has 0 aliphatic heterocycles. The highest BCUT2D eigenvalue weighted by Gasteiger charge is 2.32. The van der Waals surface area contributed by atoms with Crippen LogP contribution in [0.4, 0.5) is 0 Å². The van der Waals surface area contributed by atoms with Gasteiger partial charge in [-0.3, -0.25) is 24.4 Å². The summed E-state index contributed by atoms with van der Waals surface area (Å²) in [4.78, 5) is 57.9. The molecule has 0 bridgehead atoms. The minimum atomic E-state index is -1.61. The third-order valence-electron chi connectivity index (χ3n) is 5.76. The Labute approximate surface area is 222 Å². The molecule has 0 radical (unpaired) electrons. The highest BCUT2D eigenvalue weighted by molar-refractivity contribution is 5.94. The fraction of sp³-hybridized carbons (Fsp3) is 0.727. The molecule has 38 heavy (non-hydrogen) atoms. The second-order valence-electron chi connectivity index (χ2n) is 9.00. The summed E-state index contributed by atoms with van der Waals surface area (Å²) in [5, 5.41) is 26.4. The van der Waals surface area contributed by atoms with Crippen LogP contribution in [0.15, 0.2) is 9.98 Å². The van der Waals surface area contributed by atoms with E-state index in [-0.39, 0.29) is 50.2 Å². The number of nitrogens with two attached hydrogens (primary N) is 5. The lowest BCUT2D eigenvalue weighted by atomic mass is 9.98. The number of carbonyl (C=O) groups is 4. The van der Waals surface area contributed by atoms with Gasteiger partial charge in [-0.15, -0.1) is 0 Å². The molecule has 0 saturated carbocycles. The maximum Gasteiger partial charge on any atom is 0.328 e. The number of aliphatic hydroxyl groups excluding tert-OH is 1. The average molecular weight is 545 g/mol. The van der Waals surface area contributed by atoms with Gasteiger partial charge in [0.2, 0.25) is 17.7 Å². The molecular weight excluding hydrogens is 500 g/mol. The van der Waals surface area contributed by atoms with E-state index in [2.05, 4.69) is 25.9 Å². The molecule has 0 fully saturated rings. The van der Waals surface area contributed by atoms with Crippen LogP contribution in [0.25, 0.3) is 0 Å². The number of guanidine groups is 2. The molecule has 0 rings (SSSR count). The molecule has 15 N–H and O–H groups in total. The summed E-state index contributed by atoms with van der Waals surface area (Å²) < 4.78 is 0. The molecule has 0 aliphatic carbocycles. The largest absolute Gasteiger partial charge is 0.480 e. The number of aliphatic carboxylic acids is 1. The van der Waals surface area contributed by atoms with Crippen molar-refractivity contribution in [1.29, 1.82) is 0 Å². The van der Waals surface area contributed by atoms with Gasteiger partial charge in [0, 0.05) is 13.1 Å². The van der Waals surface area contributed by atoms with Gasteiger partial charge >= 0.3 is 5.97 Å². The van der Waals surface area contributed by atoms with E-state index in [9.17, 15) is 29.4 Å². The molecule has 3 amide bonds. The fourth-order valence-corrected chi connectivity index (χ4v) is 3.24. The third-order valence-corrected chi connectivity index (χ3v) is 5.76. The number of hydrogen-bond donors (Lipinski definition) is 10. The number of rotatable bonds is 18. The van der Waals surface area contributed by atoms with Crippen molar-refractivity contribution in [1.82, 2.24) is 16.0 Å². The number of carbonyl (C=O) groups excluding carboxylic acids is 3. The highest BCUT2D eigenvalue weighted by Crippen LogP contribution is 2.08. The average Bonchev–Trinajstić information content (AvgIpc) is 2.83. The maximum absolute atomic E-state index is 13.2. The van der Waals surface area contributed by atoms with Crippen LogP contribution in [-0.4, -0.2) is 89.2 Å². The van der Waals surface area contributed by atoms with E-state index in [4.69, 9.17) is 28.7 Å². The first-order valence-electron chi connectivity index (χ1n) is 12.4. The topological polar surface area (TPSA) is 300 Å². The maximum atomic E-state index is 13.2. The smallest absolute Gasteiger partial charge is 0.328 e. The SMILES string of the molecule is CC[C@H](C)[C@H](N)C(=O)N[C@@H](CCCN=C(N)N)C(=O)N[C@@H](CCCN=C(N)N)C(=O)N[C@H](C(=O)O)[C@@H](C)O. The summed E-state index contributed by atoms with van der Waals surface area (Å²) >= 11 is 0. The Morgan fingerprint density at radius 2 is 1.21 bits per heavy atom. The first-order chi connectivity index (χ1) is 17.7. The van der Waals surface area contributed by atoms with Crippen molar-refractivity contribution in [3.05, 3.63) is 0 Å². The number of nitrogens with one attached hydrogen (secondary N) is 3. The summed E-state index contributed by atoms with van der Waals surface area (Å²) in [6.45, 7) is 5.21. The normalized spacial score (nSPS) is 15.5. The van der Waals surface area contributed by atoms with Gasteiger partial charge in [-0.05, 0) is 38.5 Å². The van der Waals surface area contributed by atoms with E-state index in [1.165, 1.54) is 6.92 Å². The van der Waals surface area contributed by atoms with Crippen LogP contribution in [0.1, 0.15) is 52.9 Å². The van der Waals surface area contributed by atoms with Crippen LogP contribution < -0.4 is 44.6 Å². The summed E-state index contributed by atoms with van der Waals surface area (Å²) in [6, 6.07) is -4.79. The van der Waals surface area contributed by atoms with Gasteiger partial charge in [-0.2, -0.15) is 0 Å². The van der Waals surface area contributed by atoms with Crippen molar-refractivity contribution in [3.63, 3.8) is 0 Å². The molecule has 0 aromatic rings. The number of nitrogens with zero attached hydrogens (tertiary/aromatic N) is 2. The predicted molar refractivity (Wildman–Crippen MR) is 142 cm³/mol. The zero-order valence-electron chi connectivity index (χ0n) is 22.2. The van der Waals surface area contributed by atoms with Crippen LogP contribution in [0.5, 0.6) is 0 Å². The van der Waals surface area contributed by atoms with Gasteiger partial charge in [-0.25, -0.2) is 4.79 Å². The standard InChI is InChI=1S/C22H44N10O6/c1-4-11(2)15(23)19(36)31-13(7-5-9-28-21(24)25)17(34)30-14(8-6-10-29-22(26)27)18(35)32-16(12(3)33)20(37)38/h11-16,33H,4-10,23H2,1-3H3,(H,30,34)(H,31,36)(H,32,35)(H,37,38)(H4,24,25,28)(H4,26,27,29)/t11-,12+,13-,14-,15-,16-/m0/s1. The summed E-state index contributed by atoms with van der Waals surface area (Å²) in [6.07, 6.45) is -0.0413. The zero-order chi connectivity index (χ0) is 29.4. The van der Waals surface area contributed by atoms with Gasteiger partial charge in [0.15, 0.2) is 18.0 Å². The minimum Gasteiger partial charge on any atom is -0.480 e. The molecule has 0 aromatic carbocycles. The lowest BCUT2D eigenvalue weighted by Crippen LogP contribution is -2.58. The first kappa shape index (κ1) is 34.3. The molecule has 16 nitrogen and oxygen atoms in total. The van der Waals surface area contributed by atoms with Crippen molar-refractivity contribution in [3.8, 4) is 0 Å². The Morgan fingerprint density at radius 3 is 1.58 bits per heavy atom. The molecule has 0 spiro atoms. The molecule has 16 heteroatoms. The van der Waals surface area contributed by atoms with Crippen molar-refractivity contribution in [2.75, 3.05) is 13.1 Å². The Hall–Kier alpha value is -3.66. The van der Waals surface area contributed by atoms with Gasteiger partial charge in [0.05, 0.1) is 12.1 Å². The monoisotopic (exact) mass is 544 g/mol. The molecule has 0 saturated heterocycles. The summed E-state index contributed by atoms with van der Waals surface area (Å²) in [5.74, 6) is -3.99. The second-order valence-corrected chi connectivity index (χ2v) is 9.00. The van der Waals surface area contributed by atoms with Crippen LogP contribution in [0.3, 0.4) is 0 Å². The number of carboxylic acids is 1. The van der Waals surface area contributed by atoms with Crippen molar-refractivity contribution < 1.29 is 29.4 Å². The fourth-order valence-electron chi connectivity index (χ4n) is 3.24. The first-order valence-corrected chi connectivity index (χ1v) is 12.4. The molecular formula is C22H44N10O6. The van der Waals surface area contributed by atoms with Crippen molar-refractivity contribution in [2.45, 2.75) is 83.1 Å². The molecule has 218 valence electrons. The van der Waals surface area contributed by atoms with Crippen molar-refractivity contribution >= 4 is 35.6 Å². The number of amides is 3. The Balaban J connectivity index is 5.77. The quantitative estimate of drug-likeness (QED) is 0.0456. The van der Waals surface area contributed by atoms with Crippen LogP contribution in [0.2, 0.25) is 0 Å². The number of carboxylic acid groups (broad SMARTS) is 1. The van der Waals surface area contributed by atoms with Crippen LogP contribution >= 0.6 is 0 Å². The van der Waals surface area contributed by atoms with Gasteiger partial charge in [-0.1, -0.05) is 20.3 Å². The Bertz CT molecular complexity index is 842. The molecule has 0 heterocycles. The predicted octanol–water partition coefficient (Wildman–Crippen LogP) is -3.61. The second kappa shape index (κ2) is 17.7. The lowest BCUT2D eigenvalue weighted by Gasteiger charge is -2.26. The molecule has 6 atom stereocenters. The van der Waals surface area contributed by atoms with Gasteiger partial charge in [0.25, 0.3) is 0 Å². The number of hydrogen-bond acceptors (Lipinski definition) is 8. The van der Waals surface area contributed by atoms with E-state index in [1.54, 1.807) is 6.92 Å². The van der Waals surface area contributed by atoms with E-state index >= 15 is 0 Å². The summed E-state index contributed by atoms with van der Waals surface area (Å²) in [7, 11) is 0. The van der Waals surface area contributed by atoms with E-state index in [0.717, 1.165) is 0 Å². The van der Waals surface area contributed by atoms with Crippen LogP contribution in [0, 0.1) is 5.92 Å². The van der Waals surface area contributed by atoms with Crippen LogP contribution in [-0.2, 0) is 19.2 Å².